The highest BCUT2D eigenvalue weighted by atomic mass is 16.1. The molecular weight excluding hydrogens is 176 g/mol. The van der Waals surface area contributed by atoms with Crippen molar-refractivity contribution in [2.75, 3.05) is 0 Å². The molecule has 1 unspecified atom stereocenters. The zero-order valence-corrected chi connectivity index (χ0v) is 9.01. The highest BCUT2D eigenvalue weighted by Crippen LogP contribution is 2.49. The van der Waals surface area contributed by atoms with E-state index in [9.17, 15) is 9.59 Å². The molecule has 0 aliphatic heterocycles. The summed E-state index contributed by atoms with van der Waals surface area (Å²) in [7, 11) is 0. The predicted molar refractivity (Wildman–Crippen MR) is 53.9 cm³/mol. The third kappa shape index (κ3) is 1.23. The SMILES string of the molecule is CC1C(=O)CC[C@]2(C)C(=O)CCC[C@@H]12. The van der Waals surface area contributed by atoms with E-state index in [1.807, 2.05) is 6.92 Å². The Balaban J connectivity index is 2.30. The van der Waals surface area contributed by atoms with Gasteiger partial charge in [-0.05, 0) is 25.2 Å². The summed E-state index contributed by atoms with van der Waals surface area (Å²) < 4.78 is 0. The smallest absolute Gasteiger partial charge is 0.139 e. The summed E-state index contributed by atoms with van der Waals surface area (Å²) in [4.78, 5) is 23.5. The summed E-state index contributed by atoms with van der Waals surface area (Å²) in [5.41, 5.74) is -0.175. The molecule has 0 spiro atoms. The van der Waals surface area contributed by atoms with Gasteiger partial charge in [-0.15, -0.1) is 0 Å². The molecule has 2 aliphatic carbocycles. The van der Waals surface area contributed by atoms with E-state index in [4.69, 9.17) is 0 Å². The van der Waals surface area contributed by atoms with Crippen molar-refractivity contribution in [1.82, 2.24) is 0 Å². The highest BCUT2D eigenvalue weighted by Gasteiger charge is 2.49. The van der Waals surface area contributed by atoms with Crippen LogP contribution in [0.25, 0.3) is 0 Å². The van der Waals surface area contributed by atoms with Crippen LogP contribution in [0.5, 0.6) is 0 Å². The van der Waals surface area contributed by atoms with E-state index in [1.165, 1.54) is 0 Å². The molecule has 0 N–H and O–H groups in total. The van der Waals surface area contributed by atoms with Crippen molar-refractivity contribution in [3.63, 3.8) is 0 Å². The fourth-order valence-electron chi connectivity index (χ4n) is 3.25. The van der Waals surface area contributed by atoms with Gasteiger partial charge in [0.1, 0.15) is 11.6 Å². The topological polar surface area (TPSA) is 34.1 Å². The van der Waals surface area contributed by atoms with Crippen LogP contribution in [0.1, 0.15) is 46.0 Å². The van der Waals surface area contributed by atoms with Crippen LogP contribution in [0.3, 0.4) is 0 Å². The molecule has 0 aromatic carbocycles. The number of hydrogen-bond acceptors (Lipinski definition) is 2. The maximum atomic E-state index is 11.9. The lowest BCUT2D eigenvalue weighted by molar-refractivity contribution is -0.145. The lowest BCUT2D eigenvalue weighted by Crippen LogP contribution is -2.48. The van der Waals surface area contributed by atoms with Crippen molar-refractivity contribution in [3.8, 4) is 0 Å². The Morgan fingerprint density at radius 1 is 1.29 bits per heavy atom. The standard InChI is InChI=1S/C12H18O2/c1-8-9-4-3-5-11(14)12(9,2)7-6-10(8)13/h8-9H,3-7H2,1-2H3/t8?,9-,12-/m0/s1. The monoisotopic (exact) mass is 194 g/mol. The number of rotatable bonds is 0. The van der Waals surface area contributed by atoms with Crippen molar-refractivity contribution in [3.05, 3.63) is 0 Å². The summed E-state index contributed by atoms with van der Waals surface area (Å²) in [6, 6.07) is 0. The summed E-state index contributed by atoms with van der Waals surface area (Å²) in [6.45, 7) is 4.07. The summed E-state index contributed by atoms with van der Waals surface area (Å²) in [5.74, 6) is 1.19. The highest BCUT2D eigenvalue weighted by molar-refractivity contribution is 5.90. The predicted octanol–water partition coefficient (Wildman–Crippen LogP) is 2.36. The average Bonchev–Trinajstić information content (AvgIpc) is 2.16. The van der Waals surface area contributed by atoms with Crippen LogP contribution in [0, 0.1) is 17.3 Å². The Labute approximate surface area is 85.1 Å². The van der Waals surface area contributed by atoms with Crippen LogP contribution in [-0.4, -0.2) is 11.6 Å². The molecule has 2 heteroatoms. The Morgan fingerprint density at radius 2 is 2.00 bits per heavy atom. The number of Topliss-reactive ketones (excluding diaryl/α,β-unsaturated/α-hetero) is 2. The second kappa shape index (κ2) is 3.18. The van der Waals surface area contributed by atoms with Crippen LogP contribution in [0.2, 0.25) is 0 Å². The van der Waals surface area contributed by atoms with Crippen molar-refractivity contribution in [1.29, 1.82) is 0 Å². The van der Waals surface area contributed by atoms with E-state index in [0.29, 0.717) is 23.9 Å². The second-order valence-corrected chi connectivity index (χ2v) is 5.09. The maximum Gasteiger partial charge on any atom is 0.139 e. The number of carbonyl (C=O) groups is 2. The first kappa shape index (κ1) is 9.88. The van der Waals surface area contributed by atoms with Gasteiger partial charge in [-0.3, -0.25) is 9.59 Å². The molecule has 3 atom stereocenters. The Bertz CT molecular complexity index is 282. The molecule has 14 heavy (non-hydrogen) atoms. The van der Waals surface area contributed by atoms with Gasteiger partial charge >= 0.3 is 0 Å². The molecule has 2 aliphatic rings. The van der Waals surface area contributed by atoms with Crippen molar-refractivity contribution in [2.45, 2.75) is 46.0 Å². The van der Waals surface area contributed by atoms with Gasteiger partial charge in [0, 0.05) is 24.2 Å². The minimum absolute atomic E-state index is 0.109. The van der Waals surface area contributed by atoms with Gasteiger partial charge in [-0.25, -0.2) is 0 Å². The van der Waals surface area contributed by atoms with E-state index >= 15 is 0 Å². The molecule has 0 heterocycles. The Kier molecular flexibility index (Phi) is 2.24. The molecule has 0 saturated heterocycles. The minimum Gasteiger partial charge on any atom is -0.299 e. The van der Waals surface area contributed by atoms with Gasteiger partial charge in [0.05, 0.1) is 0 Å². The first-order valence-corrected chi connectivity index (χ1v) is 5.62. The summed E-state index contributed by atoms with van der Waals surface area (Å²) >= 11 is 0. The third-order valence-electron chi connectivity index (χ3n) is 4.38. The van der Waals surface area contributed by atoms with Crippen LogP contribution in [-0.2, 0) is 9.59 Å². The van der Waals surface area contributed by atoms with Gasteiger partial charge in [0.2, 0.25) is 0 Å². The quantitative estimate of drug-likeness (QED) is 0.593. The maximum absolute atomic E-state index is 11.9. The molecule has 2 saturated carbocycles. The zero-order valence-electron chi connectivity index (χ0n) is 9.01. The summed E-state index contributed by atoms with van der Waals surface area (Å²) in [6.07, 6.45) is 4.18. The largest absolute Gasteiger partial charge is 0.299 e. The molecule has 0 aromatic rings. The lowest BCUT2D eigenvalue weighted by Gasteiger charge is -2.46. The molecule has 0 aromatic heterocycles. The van der Waals surface area contributed by atoms with E-state index in [1.54, 1.807) is 0 Å². The Morgan fingerprint density at radius 3 is 2.71 bits per heavy atom. The fourth-order valence-corrected chi connectivity index (χ4v) is 3.25. The van der Waals surface area contributed by atoms with Crippen LogP contribution in [0.15, 0.2) is 0 Å². The number of fused-ring (bicyclic) bond motifs is 1. The Hall–Kier alpha value is -0.660. The van der Waals surface area contributed by atoms with Crippen LogP contribution in [0.4, 0.5) is 0 Å². The molecular formula is C12H18O2. The fraction of sp³-hybridized carbons (Fsp3) is 0.833. The molecule has 2 fully saturated rings. The number of ketones is 2. The van der Waals surface area contributed by atoms with Gasteiger partial charge < -0.3 is 0 Å². The van der Waals surface area contributed by atoms with Gasteiger partial charge in [-0.2, -0.15) is 0 Å². The normalized spacial score (nSPS) is 43.6. The number of carbonyl (C=O) groups excluding carboxylic acids is 2. The second-order valence-electron chi connectivity index (χ2n) is 5.09. The van der Waals surface area contributed by atoms with E-state index < -0.39 is 0 Å². The first-order chi connectivity index (χ1) is 6.55. The minimum atomic E-state index is -0.175. The van der Waals surface area contributed by atoms with Crippen LogP contribution < -0.4 is 0 Å². The first-order valence-electron chi connectivity index (χ1n) is 5.62. The molecule has 2 rings (SSSR count). The molecule has 0 amide bonds. The van der Waals surface area contributed by atoms with E-state index in [0.717, 1.165) is 25.7 Å². The van der Waals surface area contributed by atoms with Crippen molar-refractivity contribution >= 4 is 11.6 Å². The molecule has 0 radical (unpaired) electrons. The molecule has 0 bridgehead atoms. The van der Waals surface area contributed by atoms with Gasteiger partial charge in [-0.1, -0.05) is 13.8 Å². The molecule has 78 valence electrons. The van der Waals surface area contributed by atoms with Crippen molar-refractivity contribution < 1.29 is 9.59 Å². The number of hydrogen-bond donors (Lipinski definition) is 0. The van der Waals surface area contributed by atoms with Crippen molar-refractivity contribution in [2.24, 2.45) is 17.3 Å². The van der Waals surface area contributed by atoms with Gasteiger partial charge in [0.15, 0.2) is 0 Å². The molecule has 2 nitrogen and oxygen atoms in total. The lowest BCUT2D eigenvalue weighted by atomic mass is 9.56. The van der Waals surface area contributed by atoms with Gasteiger partial charge in [0.25, 0.3) is 0 Å². The third-order valence-corrected chi connectivity index (χ3v) is 4.38. The van der Waals surface area contributed by atoms with Crippen LogP contribution >= 0.6 is 0 Å². The van der Waals surface area contributed by atoms with E-state index in [-0.39, 0.29) is 11.3 Å². The zero-order chi connectivity index (χ0) is 10.3. The average molecular weight is 194 g/mol. The van der Waals surface area contributed by atoms with E-state index in [2.05, 4.69) is 6.92 Å². The summed E-state index contributed by atoms with van der Waals surface area (Å²) in [5, 5.41) is 0.